The van der Waals surface area contributed by atoms with Crippen LogP contribution in [0.15, 0.2) is 65.8 Å². The lowest BCUT2D eigenvalue weighted by molar-refractivity contribution is 0.0985. The molecule has 0 radical (unpaired) electrons. The van der Waals surface area contributed by atoms with Crippen LogP contribution in [0.4, 0.5) is 5.13 Å². The number of hydrogen-bond acceptors (Lipinski definition) is 7. The molecule has 2 aromatic carbocycles. The van der Waals surface area contributed by atoms with Gasteiger partial charge < -0.3 is 4.74 Å². The summed E-state index contributed by atoms with van der Waals surface area (Å²) in [5.41, 5.74) is 1.10. The number of carbonyl (C=O) groups is 1. The van der Waals surface area contributed by atoms with E-state index >= 15 is 0 Å². The zero-order chi connectivity index (χ0) is 27.4. The van der Waals surface area contributed by atoms with E-state index in [2.05, 4.69) is 5.10 Å². The first-order chi connectivity index (χ1) is 18.9. The van der Waals surface area contributed by atoms with E-state index in [4.69, 9.17) is 9.72 Å². The number of sulfonamides is 1. The van der Waals surface area contributed by atoms with Gasteiger partial charge in [-0.3, -0.25) is 14.4 Å². The van der Waals surface area contributed by atoms with E-state index in [0.717, 1.165) is 36.8 Å². The van der Waals surface area contributed by atoms with Gasteiger partial charge in [-0.2, -0.15) is 9.40 Å². The maximum atomic E-state index is 13.8. The third-order valence-corrected chi connectivity index (χ3v) is 10.1. The Bertz CT molecular complexity index is 1510. The van der Waals surface area contributed by atoms with E-state index in [0.29, 0.717) is 41.7 Å². The molecule has 0 spiro atoms. The standard InChI is InChI=1S/C28H33N5O4S2/c1-3-37-24-11-7-12-25-26(24)30-28(38-25)33(20-19-32-18-8-17-29-32)27(34)21-13-15-23(16-14-21)39(35,36)31(2)22-9-5-4-6-10-22/h7-8,11-18,22H,3-6,9-10,19-20H2,1-2H3. The molecule has 11 heteroatoms. The Balaban J connectivity index is 1.42. The molecule has 0 unspecified atom stereocenters. The summed E-state index contributed by atoms with van der Waals surface area (Å²) in [6.07, 6.45) is 8.54. The van der Waals surface area contributed by atoms with Crippen LogP contribution in [-0.2, 0) is 16.6 Å². The van der Waals surface area contributed by atoms with E-state index in [-0.39, 0.29) is 16.8 Å². The molecule has 1 aliphatic rings. The van der Waals surface area contributed by atoms with E-state index in [1.807, 2.05) is 37.4 Å². The van der Waals surface area contributed by atoms with Gasteiger partial charge in [0, 0.05) is 37.6 Å². The molecule has 9 nitrogen and oxygen atoms in total. The lowest BCUT2D eigenvalue weighted by Gasteiger charge is -2.30. The number of hydrogen-bond donors (Lipinski definition) is 0. The lowest BCUT2D eigenvalue weighted by atomic mass is 9.96. The van der Waals surface area contributed by atoms with E-state index in [9.17, 15) is 13.2 Å². The minimum Gasteiger partial charge on any atom is -0.492 e. The van der Waals surface area contributed by atoms with Gasteiger partial charge in [0.15, 0.2) is 5.13 Å². The zero-order valence-corrected chi connectivity index (χ0v) is 23.8. The largest absolute Gasteiger partial charge is 0.492 e. The Labute approximate surface area is 233 Å². The van der Waals surface area contributed by atoms with Gasteiger partial charge >= 0.3 is 0 Å². The van der Waals surface area contributed by atoms with Gasteiger partial charge in [0.1, 0.15) is 11.3 Å². The summed E-state index contributed by atoms with van der Waals surface area (Å²) in [5.74, 6) is 0.414. The van der Waals surface area contributed by atoms with Gasteiger partial charge in [-0.1, -0.05) is 36.7 Å². The molecule has 39 heavy (non-hydrogen) atoms. The van der Waals surface area contributed by atoms with Gasteiger partial charge in [-0.25, -0.2) is 13.4 Å². The fourth-order valence-electron chi connectivity index (χ4n) is 4.95. The van der Waals surface area contributed by atoms with Crippen molar-refractivity contribution in [3.8, 4) is 5.75 Å². The number of benzene rings is 2. The van der Waals surface area contributed by atoms with Crippen molar-refractivity contribution in [3.63, 3.8) is 0 Å². The van der Waals surface area contributed by atoms with E-state index < -0.39 is 10.0 Å². The third-order valence-electron chi connectivity index (χ3n) is 7.13. The van der Waals surface area contributed by atoms with Gasteiger partial charge in [-0.05, 0) is 62.2 Å². The summed E-state index contributed by atoms with van der Waals surface area (Å²) in [4.78, 5) is 20.4. The number of amides is 1. The molecule has 2 aromatic heterocycles. The summed E-state index contributed by atoms with van der Waals surface area (Å²) in [6.45, 7) is 3.25. The van der Waals surface area contributed by atoms with E-state index in [1.54, 1.807) is 35.0 Å². The van der Waals surface area contributed by atoms with Crippen LogP contribution in [0.3, 0.4) is 0 Å². The Hall–Kier alpha value is -3.28. The number of thiazole rings is 1. The number of ether oxygens (including phenoxy) is 1. The SMILES string of the molecule is CCOc1cccc2sc(N(CCn3cccn3)C(=O)c3ccc(S(=O)(=O)N(C)C4CCCCC4)cc3)nc12. The van der Waals surface area contributed by atoms with Crippen molar-refractivity contribution in [2.24, 2.45) is 0 Å². The van der Waals surface area contributed by atoms with Crippen LogP contribution in [0.2, 0.25) is 0 Å². The summed E-state index contributed by atoms with van der Waals surface area (Å²) in [7, 11) is -1.99. The number of aromatic nitrogens is 3. The van der Waals surface area contributed by atoms with Crippen LogP contribution in [-0.4, -0.2) is 59.6 Å². The first-order valence-electron chi connectivity index (χ1n) is 13.3. The molecule has 1 aliphatic carbocycles. The second-order valence-corrected chi connectivity index (χ2v) is 12.6. The predicted molar refractivity (Wildman–Crippen MR) is 153 cm³/mol. The van der Waals surface area contributed by atoms with Crippen LogP contribution in [0, 0.1) is 0 Å². The highest BCUT2D eigenvalue weighted by Gasteiger charge is 2.29. The van der Waals surface area contributed by atoms with Gasteiger partial charge in [0.25, 0.3) is 5.91 Å². The van der Waals surface area contributed by atoms with Crippen LogP contribution >= 0.6 is 11.3 Å². The molecule has 4 aromatic rings. The highest BCUT2D eigenvalue weighted by atomic mass is 32.2. The highest BCUT2D eigenvalue weighted by molar-refractivity contribution is 7.89. The maximum Gasteiger partial charge on any atom is 0.260 e. The third kappa shape index (κ3) is 5.85. The number of rotatable bonds is 10. The molecular formula is C28H33N5O4S2. The number of para-hydroxylation sites is 1. The van der Waals surface area contributed by atoms with Gasteiger partial charge in [-0.15, -0.1) is 0 Å². The smallest absolute Gasteiger partial charge is 0.260 e. The Morgan fingerprint density at radius 1 is 1.10 bits per heavy atom. The number of nitrogens with zero attached hydrogens (tertiary/aromatic N) is 5. The monoisotopic (exact) mass is 567 g/mol. The van der Waals surface area contributed by atoms with Gasteiger partial charge in [0.05, 0.1) is 22.7 Å². The maximum absolute atomic E-state index is 13.8. The summed E-state index contributed by atoms with van der Waals surface area (Å²) < 4.78 is 36.5. The quantitative estimate of drug-likeness (QED) is 0.262. The fourth-order valence-corrected chi connectivity index (χ4v) is 7.37. The van der Waals surface area contributed by atoms with Crippen LogP contribution in [0.5, 0.6) is 5.75 Å². The van der Waals surface area contributed by atoms with Crippen molar-refractivity contribution in [2.75, 3.05) is 25.1 Å². The summed E-state index contributed by atoms with van der Waals surface area (Å²) >= 11 is 1.41. The number of carbonyl (C=O) groups excluding carboxylic acids is 1. The van der Waals surface area contributed by atoms with Crippen molar-refractivity contribution >= 4 is 42.6 Å². The van der Waals surface area contributed by atoms with Crippen LogP contribution < -0.4 is 9.64 Å². The van der Waals surface area contributed by atoms with Crippen LogP contribution in [0.1, 0.15) is 49.4 Å². The normalized spacial score (nSPS) is 14.6. The molecule has 1 fully saturated rings. The molecule has 0 bridgehead atoms. The van der Waals surface area contributed by atoms with Crippen molar-refractivity contribution in [1.82, 2.24) is 19.1 Å². The topological polar surface area (TPSA) is 97.6 Å². The second-order valence-electron chi connectivity index (χ2n) is 9.60. The Morgan fingerprint density at radius 2 is 1.87 bits per heavy atom. The van der Waals surface area contributed by atoms with E-state index in [1.165, 1.54) is 27.8 Å². The van der Waals surface area contributed by atoms with Crippen molar-refractivity contribution in [2.45, 2.75) is 56.5 Å². The van der Waals surface area contributed by atoms with Gasteiger partial charge in [0.2, 0.25) is 10.0 Å². The second kappa shape index (κ2) is 11.8. The van der Waals surface area contributed by atoms with Crippen LogP contribution in [0.25, 0.3) is 10.2 Å². The summed E-state index contributed by atoms with van der Waals surface area (Å²) in [6, 6.07) is 13.8. The first-order valence-corrected chi connectivity index (χ1v) is 15.5. The zero-order valence-electron chi connectivity index (χ0n) is 22.2. The average molecular weight is 568 g/mol. The summed E-state index contributed by atoms with van der Waals surface area (Å²) in [5, 5.41) is 4.80. The molecule has 0 saturated heterocycles. The highest BCUT2D eigenvalue weighted by Crippen LogP contribution is 2.35. The first kappa shape index (κ1) is 27.3. The number of fused-ring (bicyclic) bond motifs is 1. The Kier molecular flexibility index (Phi) is 8.29. The molecule has 206 valence electrons. The molecule has 1 amide bonds. The minimum absolute atomic E-state index is 0.0171. The molecule has 2 heterocycles. The lowest BCUT2D eigenvalue weighted by Crippen LogP contribution is -2.38. The minimum atomic E-state index is -3.65. The molecule has 0 atom stereocenters. The van der Waals surface area contributed by atoms with Crippen molar-refractivity contribution in [1.29, 1.82) is 0 Å². The Morgan fingerprint density at radius 3 is 2.56 bits per heavy atom. The average Bonchev–Trinajstić information content (AvgIpc) is 3.64. The molecule has 0 aliphatic heterocycles. The molecule has 0 N–H and O–H groups in total. The molecular weight excluding hydrogens is 534 g/mol. The number of anilines is 1. The fraction of sp³-hybridized carbons (Fsp3) is 0.393. The predicted octanol–water partition coefficient (Wildman–Crippen LogP) is 5.19. The van der Waals surface area contributed by atoms with Crippen molar-refractivity contribution in [3.05, 3.63) is 66.5 Å². The van der Waals surface area contributed by atoms with Crippen molar-refractivity contribution < 1.29 is 17.9 Å². The molecule has 5 rings (SSSR count). The molecule has 1 saturated carbocycles.